The van der Waals surface area contributed by atoms with Crippen molar-refractivity contribution in [1.29, 1.82) is 0 Å². The van der Waals surface area contributed by atoms with Crippen LogP contribution in [0.5, 0.6) is 0 Å². The summed E-state index contributed by atoms with van der Waals surface area (Å²) in [6.07, 6.45) is 2.33. The van der Waals surface area contributed by atoms with Gasteiger partial charge in [0.05, 0.1) is 10.5 Å². The molecule has 1 aliphatic rings. The van der Waals surface area contributed by atoms with Crippen molar-refractivity contribution in [2.75, 3.05) is 0 Å². The molecule has 0 fully saturated rings. The van der Waals surface area contributed by atoms with Gasteiger partial charge in [0.1, 0.15) is 5.69 Å². The van der Waals surface area contributed by atoms with Crippen molar-refractivity contribution in [2.24, 2.45) is 0 Å². The summed E-state index contributed by atoms with van der Waals surface area (Å²) in [5.41, 5.74) is 2.31. The van der Waals surface area contributed by atoms with E-state index in [1.165, 1.54) is 0 Å². The Kier molecular flexibility index (Phi) is 2.18. The van der Waals surface area contributed by atoms with E-state index in [9.17, 15) is 4.79 Å². The van der Waals surface area contributed by atoms with E-state index in [1.807, 2.05) is 24.3 Å². The third-order valence-electron chi connectivity index (χ3n) is 3.02. The second-order valence-corrected chi connectivity index (χ2v) is 4.42. The SMILES string of the molecule is O=C1CCCc2c1nc1ccccc1c2Cl. The molecule has 0 atom stereocenters. The predicted molar refractivity (Wildman–Crippen MR) is 64.0 cm³/mol. The van der Waals surface area contributed by atoms with Crippen LogP contribution in [0.15, 0.2) is 24.3 Å². The molecule has 2 aromatic rings. The van der Waals surface area contributed by atoms with Crippen LogP contribution in [0.4, 0.5) is 0 Å². The van der Waals surface area contributed by atoms with Gasteiger partial charge in [-0.2, -0.15) is 0 Å². The average Bonchev–Trinajstić information content (AvgIpc) is 2.31. The lowest BCUT2D eigenvalue weighted by atomic mass is 9.93. The van der Waals surface area contributed by atoms with Crippen LogP contribution in [0.25, 0.3) is 10.9 Å². The smallest absolute Gasteiger partial charge is 0.181 e. The van der Waals surface area contributed by atoms with Crippen LogP contribution in [0.1, 0.15) is 28.9 Å². The van der Waals surface area contributed by atoms with E-state index in [2.05, 4.69) is 4.98 Å². The molecule has 0 saturated carbocycles. The first kappa shape index (κ1) is 9.79. The molecule has 0 bridgehead atoms. The fraction of sp³-hybridized carbons (Fsp3) is 0.231. The van der Waals surface area contributed by atoms with Crippen molar-refractivity contribution in [3.05, 3.63) is 40.5 Å². The molecule has 1 heterocycles. The number of Topliss-reactive ketones (excluding diaryl/α,β-unsaturated/α-hetero) is 1. The van der Waals surface area contributed by atoms with Crippen LogP contribution in [-0.4, -0.2) is 10.8 Å². The molecule has 0 radical (unpaired) electrons. The van der Waals surface area contributed by atoms with Crippen molar-refractivity contribution in [3.8, 4) is 0 Å². The maximum absolute atomic E-state index is 11.8. The summed E-state index contributed by atoms with van der Waals surface area (Å²) in [6, 6.07) is 7.69. The van der Waals surface area contributed by atoms with Crippen LogP contribution in [-0.2, 0) is 6.42 Å². The fourth-order valence-corrected chi connectivity index (χ4v) is 2.56. The van der Waals surface area contributed by atoms with Gasteiger partial charge in [-0.15, -0.1) is 0 Å². The molecule has 3 heteroatoms. The first-order valence-corrected chi connectivity index (χ1v) is 5.75. The number of para-hydroxylation sites is 1. The largest absolute Gasteiger partial charge is 0.292 e. The van der Waals surface area contributed by atoms with Crippen molar-refractivity contribution in [3.63, 3.8) is 0 Å². The van der Waals surface area contributed by atoms with Crippen molar-refractivity contribution in [1.82, 2.24) is 4.98 Å². The Morgan fingerprint density at radius 1 is 1.19 bits per heavy atom. The minimum absolute atomic E-state index is 0.119. The zero-order chi connectivity index (χ0) is 11.1. The molecule has 0 N–H and O–H groups in total. The van der Waals surface area contributed by atoms with Gasteiger partial charge in [0.2, 0.25) is 0 Å². The molecule has 0 unspecified atom stereocenters. The lowest BCUT2D eigenvalue weighted by Crippen LogP contribution is -2.13. The second-order valence-electron chi connectivity index (χ2n) is 4.05. The van der Waals surface area contributed by atoms with E-state index in [1.54, 1.807) is 0 Å². The topological polar surface area (TPSA) is 30.0 Å². The van der Waals surface area contributed by atoms with Gasteiger partial charge in [0, 0.05) is 17.4 Å². The number of benzene rings is 1. The molecule has 0 saturated heterocycles. The highest BCUT2D eigenvalue weighted by molar-refractivity contribution is 6.36. The van der Waals surface area contributed by atoms with Crippen LogP contribution in [0, 0.1) is 0 Å². The van der Waals surface area contributed by atoms with Gasteiger partial charge in [0.15, 0.2) is 5.78 Å². The van der Waals surface area contributed by atoms with Gasteiger partial charge < -0.3 is 0 Å². The first-order chi connectivity index (χ1) is 7.77. The minimum Gasteiger partial charge on any atom is -0.292 e. The highest BCUT2D eigenvalue weighted by atomic mass is 35.5. The molecular weight excluding hydrogens is 222 g/mol. The van der Waals surface area contributed by atoms with E-state index >= 15 is 0 Å². The Bertz CT molecular complexity index is 592. The minimum atomic E-state index is 0.119. The molecule has 16 heavy (non-hydrogen) atoms. The number of carbonyl (C=O) groups is 1. The Balaban J connectivity index is 2.40. The normalized spacial score (nSPS) is 15.2. The number of carbonyl (C=O) groups excluding carboxylic acids is 1. The lowest BCUT2D eigenvalue weighted by molar-refractivity contribution is 0.0967. The first-order valence-electron chi connectivity index (χ1n) is 5.37. The summed E-state index contributed by atoms with van der Waals surface area (Å²) < 4.78 is 0. The van der Waals surface area contributed by atoms with Gasteiger partial charge in [-0.1, -0.05) is 29.8 Å². The van der Waals surface area contributed by atoms with Gasteiger partial charge in [-0.05, 0) is 18.9 Å². The summed E-state index contributed by atoms with van der Waals surface area (Å²) in [7, 11) is 0. The zero-order valence-corrected chi connectivity index (χ0v) is 9.42. The summed E-state index contributed by atoms with van der Waals surface area (Å²) in [5, 5.41) is 1.64. The van der Waals surface area contributed by atoms with E-state index < -0.39 is 0 Å². The van der Waals surface area contributed by atoms with Crippen LogP contribution >= 0.6 is 11.6 Å². The van der Waals surface area contributed by atoms with Gasteiger partial charge in [-0.25, -0.2) is 4.98 Å². The number of nitrogens with zero attached hydrogens (tertiary/aromatic N) is 1. The summed E-state index contributed by atoms with van der Waals surface area (Å²) in [6.45, 7) is 0. The van der Waals surface area contributed by atoms with Gasteiger partial charge in [-0.3, -0.25) is 4.79 Å². The third-order valence-corrected chi connectivity index (χ3v) is 3.45. The van der Waals surface area contributed by atoms with Gasteiger partial charge >= 0.3 is 0 Å². The van der Waals surface area contributed by atoms with E-state index in [4.69, 9.17) is 11.6 Å². The molecule has 0 aliphatic heterocycles. The number of pyridine rings is 1. The van der Waals surface area contributed by atoms with Crippen molar-refractivity contribution in [2.45, 2.75) is 19.3 Å². The summed E-state index contributed by atoms with van der Waals surface area (Å²) >= 11 is 6.33. The van der Waals surface area contributed by atoms with Crippen LogP contribution in [0.2, 0.25) is 5.02 Å². The Morgan fingerprint density at radius 2 is 2.00 bits per heavy atom. The van der Waals surface area contributed by atoms with Crippen LogP contribution in [0.3, 0.4) is 0 Å². The number of ketones is 1. The lowest BCUT2D eigenvalue weighted by Gasteiger charge is -2.16. The third kappa shape index (κ3) is 1.34. The predicted octanol–water partition coefficient (Wildman–Crippen LogP) is 3.41. The second kappa shape index (κ2) is 3.56. The summed E-state index contributed by atoms with van der Waals surface area (Å²) in [4.78, 5) is 16.2. The molecule has 2 nitrogen and oxygen atoms in total. The van der Waals surface area contributed by atoms with E-state index in [-0.39, 0.29) is 5.78 Å². The Hall–Kier alpha value is -1.41. The highest BCUT2D eigenvalue weighted by Gasteiger charge is 2.22. The quantitative estimate of drug-likeness (QED) is 0.696. The maximum atomic E-state index is 11.8. The molecule has 80 valence electrons. The number of hydrogen-bond acceptors (Lipinski definition) is 2. The molecule has 0 amide bonds. The average molecular weight is 232 g/mol. The number of fused-ring (bicyclic) bond motifs is 2. The number of rotatable bonds is 0. The number of aromatic nitrogens is 1. The molecule has 1 aliphatic carbocycles. The number of hydrogen-bond donors (Lipinski definition) is 0. The van der Waals surface area contributed by atoms with E-state index in [0.29, 0.717) is 17.1 Å². The monoisotopic (exact) mass is 231 g/mol. The van der Waals surface area contributed by atoms with Crippen LogP contribution < -0.4 is 0 Å². The standard InChI is InChI=1S/C13H10ClNO/c14-12-8-4-1-2-6-10(8)15-13-9(12)5-3-7-11(13)16/h1-2,4,6H,3,5,7H2. The molecule has 1 aromatic heterocycles. The molecule has 3 rings (SSSR count). The van der Waals surface area contributed by atoms with Crippen molar-refractivity contribution < 1.29 is 4.79 Å². The number of halogens is 1. The summed E-state index contributed by atoms with van der Waals surface area (Å²) in [5.74, 6) is 0.119. The Morgan fingerprint density at radius 3 is 2.88 bits per heavy atom. The highest BCUT2D eigenvalue weighted by Crippen LogP contribution is 2.32. The molecule has 1 aromatic carbocycles. The molecule has 0 spiro atoms. The maximum Gasteiger partial charge on any atom is 0.181 e. The Labute approximate surface area is 98.3 Å². The molecular formula is C13H10ClNO. The zero-order valence-electron chi connectivity index (χ0n) is 8.66. The fourth-order valence-electron chi connectivity index (χ4n) is 2.21. The van der Waals surface area contributed by atoms with Crippen molar-refractivity contribution >= 4 is 28.3 Å². The van der Waals surface area contributed by atoms with E-state index in [0.717, 1.165) is 29.3 Å². The van der Waals surface area contributed by atoms with Gasteiger partial charge in [0.25, 0.3) is 0 Å².